The van der Waals surface area contributed by atoms with Crippen molar-refractivity contribution >= 4 is 35.2 Å². The van der Waals surface area contributed by atoms with Gasteiger partial charge >= 0.3 is 5.97 Å². The van der Waals surface area contributed by atoms with Crippen molar-refractivity contribution < 1.29 is 14.3 Å². The van der Waals surface area contributed by atoms with Crippen LogP contribution >= 0.6 is 23.2 Å². The van der Waals surface area contributed by atoms with Crippen LogP contribution in [0, 0.1) is 5.82 Å². The predicted octanol–water partition coefficient (Wildman–Crippen LogP) is 4.90. The van der Waals surface area contributed by atoms with Crippen molar-refractivity contribution in [2.24, 2.45) is 0 Å². The first-order valence-corrected chi connectivity index (χ1v) is 6.38. The predicted molar refractivity (Wildman–Crippen MR) is 78.5 cm³/mol. The molecular weight excluding hydrogens is 302 g/mol. The zero-order valence-corrected chi connectivity index (χ0v) is 11.6. The fraction of sp³-hybridized carbons (Fsp3) is 0. The van der Waals surface area contributed by atoms with Gasteiger partial charge in [0.25, 0.3) is 0 Å². The number of carboxylic acids is 1. The van der Waals surface area contributed by atoms with Gasteiger partial charge in [-0.3, -0.25) is 0 Å². The molecule has 0 saturated carbocycles. The monoisotopic (exact) mass is 310 g/mol. The van der Waals surface area contributed by atoms with Gasteiger partial charge in [-0.15, -0.1) is 0 Å². The lowest BCUT2D eigenvalue weighted by molar-refractivity contribution is -0.131. The number of hydrogen-bond acceptors (Lipinski definition) is 1. The molecule has 2 rings (SSSR count). The van der Waals surface area contributed by atoms with Gasteiger partial charge in [0.1, 0.15) is 5.82 Å². The summed E-state index contributed by atoms with van der Waals surface area (Å²) in [6.45, 7) is 0. The van der Waals surface area contributed by atoms with Gasteiger partial charge in [0.2, 0.25) is 0 Å². The highest BCUT2D eigenvalue weighted by molar-refractivity contribution is 6.35. The second-order valence-electron chi connectivity index (χ2n) is 4.07. The van der Waals surface area contributed by atoms with E-state index in [1.807, 2.05) is 0 Å². The van der Waals surface area contributed by atoms with Crippen LogP contribution in [0.1, 0.15) is 5.56 Å². The smallest absolute Gasteiger partial charge is 0.328 e. The minimum absolute atomic E-state index is 0.349. The molecule has 0 aliphatic carbocycles. The van der Waals surface area contributed by atoms with Crippen molar-refractivity contribution in [2.45, 2.75) is 0 Å². The zero-order valence-electron chi connectivity index (χ0n) is 10.1. The lowest BCUT2D eigenvalue weighted by atomic mass is 10.0. The molecule has 20 heavy (non-hydrogen) atoms. The van der Waals surface area contributed by atoms with E-state index in [0.29, 0.717) is 26.7 Å². The Kier molecular flexibility index (Phi) is 4.42. The molecule has 0 fully saturated rings. The van der Waals surface area contributed by atoms with Crippen molar-refractivity contribution in [1.82, 2.24) is 0 Å². The minimum Gasteiger partial charge on any atom is -0.478 e. The number of aliphatic carboxylic acids is 1. The SMILES string of the molecule is O=C(O)/C=C/c1ccc(-c2cc(Cl)cc(Cl)c2)c(F)c1. The molecule has 2 nitrogen and oxygen atoms in total. The number of carboxylic acid groups (broad SMARTS) is 1. The van der Waals surface area contributed by atoms with Crippen molar-refractivity contribution in [3.8, 4) is 11.1 Å². The molecule has 0 atom stereocenters. The van der Waals surface area contributed by atoms with Gasteiger partial charge in [0, 0.05) is 21.7 Å². The Morgan fingerprint density at radius 3 is 2.30 bits per heavy atom. The van der Waals surface area contributed by atoms with Crippen LogP contribution in [0.4, 0.5) is 4.39 Å². The second kappa shape index (κ2) is 6.07. The minimum atomic E-state index is -1.09. The molecule has 1 N–H and O–H groups in total. The molecule has 0 amide bonds. The normalized spacial score (nSPS) is 10.9. The van der Waals surface area contributed by atoms with Gasteiger partial charge in [-0.05, 0) is 41.5 Å². The Morgan fingerprint density at radius 1 is 1.10 bits per heavy atom. The Bertz CT molecular complexity index is 676. The lowest BCUT2D eigenvalue weighted by Crippen LogP contribution is -1.88. The van der Waals surface area contributed by atoms with Gasteiger partial charge in [0.05, 0.1) is 0 Å². The molecule has 0 spiro atoms. The first-order valence-electron chi connectivity index (χ1n) is 5.63. The Balaban J connectivity index is 2.41. The highest BCUT2D eigenvalue weighted by atomic mass is 35.5. The quantitative estimate of drug-likeness (QED) is 0.819. The van der Waals surface area contributed by atoms with Crippen LogP contribution < -0.4 is 0 Å². The number of rotatable bonds is 3. The van der Waals surface area contributed by atoms with Gasteiger partial charge in [-0.25, -0.2) is 9.18 Å². The van der Waals surface area contributed by atoms with Gasteiger partial charge in [-0.2, -0.15) is 0 Å². The van der Waals surface area contributed by atoms with E-state index in [0.717, 1.165) is 6.08 Å². The summed E-state index contributed by atoms with van der Waals surface area (Å²) in [5.41, 5.74) is 1.37. The van der Waals surface area contributed by atoms with E-state index in [9.17, 15) is 9.18 Å². The first-order chi connectivity index (χ1) is 9.45. The number of carbonyl (C=O) groups is 1. The highest BCUT2D eigenvalue weighted by Crippen LogP contribution is 2.29. The van der Waals surface area contributed by atoms with Crippen LogP contribution in [-0.4, -0.2) is 11.1 Å². The molecular formula is C15H9Cl2FO2. The Labute approximate surface area is 125 Å². The molecule has 0 saturated heterocycles. The van der Waals surface area contributed by atoms with E-state index < -0.39 is 11.8 Å². The molecule has 0 aliphatic rings. The average Bonchev–Trinajstić information content (AvgIpc) is 2.35. The third-order valence-electron chi connectivity index (χ3n) is 2.59. The molecule has 2 aromatic rings. The van der Waals surface area contributed by atoms with Crippen LogP contribution in [0.5, 0.6) is 0 Å². The molecule has 0 unspecified atom stereocenters. The summed E-state index contributed by atoms with van der Waals surface area (Å²) in [5, 5.41) is 9.36. The maximum atomic E-state index is 14.1. The van der Waals surface area contributed by atoms with E-state index in [1.165, 1.54) is 12.1 Å². The highest BCUT2D eigenvalue weighted by Gasteiger charge is 2.07. The maximum absolute atomic E-state index is 14.1. The number of hydrogen-bond donors (Lipinski definition) is 1. The van der Waals surface area contributed by atoms with Crippen molar-refractivity contribution in [1.29, 1.82) is 0 Å². The van der Waals surface area contributed by atoms with Crippen molar-refractivity contribution in [3.63, 3.8) is 0 Å². The number of halogens is 3. The van der Waals surface area contributed by atoms with E-state index in [4.69, 9.17) is 28.3 Å². The molecule has 5 heteroatoms. The third kappa shape index (κ3) is 3.59. The second-order valence-corrected chi connectivity index (χ2v) is 4.94. The molecule has 0 bridgehead atoms. The molecule has 0 aromatic heterocycles. The summed E-state index contributed by atoms with van der Waals surface area (Å²) >= 11 is 11.8. The fourth-order valence-electron chi connectivity index (χ4n) is 1.75. The van der Waals surface area contributed by atoms with Gasteiger partial charge in [0.15, 0.2) is 0 Å². The van der Waals surface area contributed by atoms with Crippen molar-refractivity contribution in [2.75, 3.05) is 0 Å². The zero-order chi connectivity index (χ0) is 14.7. The van der Waals surface area contributed by atoms with E-state index in [-0.39, 0.29) is 0 Å². The van der Waals surface area contributed by atoms with Crippen LogP contribution in [0.25, 0.3) is 17.2 Å². The summed E-state index contributed by atoms with van der Waals surface area (Å²) in [7, 11) is 0. The largest absolute Gasteiger partial charge is 0.478 e. The van der Waals surface area contributed by atoms with Crippen LogP contribution in [-0.2, 0) is 4.79 Å². The van der Waals surface area contributed by atoms with Crippen LogP contribution in [0.3, 0.4) is 0 Å². The first kappa shape index (κ1) is 14.6. The molecule has 0 aliphatic heterocycles. The fourth-order valence-corrected chi connectivity index (χ4v) is 2.27. The topological polar surface area (TPSA) is 37.3 Å². The van der Waals surface area contributed by atoms with Crippen LogP contribution in [0.15, 0.2) is 42.5 Å². The van der Waals surface area contributed by atoms with E-state index >= 15 is 0 Å². The summed E-state index contributed by atoms with van der Waals surface area (Å²) in [4.78, 5) is 10.4. The third-order valence-corrected chi connectivity index (χ3v) is 3.02. The summed E-state index contributed by atoms with van der Waals surface area (Å²) in [6.07, 6.45) is 2.27. The molecule has 0 heterocycles. The lowest BCUT2D eigenvalue weighted by Gasteiger charge is -2.06. The Hall–Kier alpha value is -1.84. The maximum Gasteiger partial charge on any atom is 0.328 e. The van der Waals surface area contributed by atoms with Gasteiger partial charge in [-0.1, -0.05) is 35.3 Å². The summed E-state index contributed by atoms with van der Waals surface area (Å²) in [6, 6.07) is 9.21. The van der Waals surface area contributed by atoms with Crippen molar-refractivity contribution in [3.05, 3.63) is 63.9 Å². The molecule has 2 aromatic carbocycles. The summed E-state index contributed by atoms with van der Waals surface area (Å²) in [5.74, 6) is -1.56. The standard InChI is InChI=1S/C15H9Cl2FO2/c16-11-6-10(7-12(17)8-11)13-3-1-9(5-14(13)18)2-4-15(19)20/h1-8H,(H,19,20)/b4-2+. The average molecular weight is 311 g/mol. The molecule has 0 radical (unpaired) electrons. The Morgan fingerprint density at radius 2 is 1.75 bits per heavy atom. The van der Waals surface area contributed by atoms with E-state index in [2.05, 4.69) is 0 Å². The van der Waals surface area contributed by atoms with E-state index in [1.54, 1.807) is 30.3 Å². The summed E-state index contributed by atoms with van der Waals surface area (Å²) < 4.78 is 14.1. The number of benzene rings is 2. The van der Waals surface area contributed by atoms with Crippen LogP contribution in [0.2, 0.25) is 10.0 Å². The van der Waals surface area contributed by atoms with Gasteiger partial charge < -0.3 is 5.11 Å². The molecule has 102 valence electrons.